The lowest BCUT2D eigenvalue weighted by atomic mass is 10.1. The van der Waals surface area contributed by atoms with Gasteiger partial charge in [0, 0.05) is 30.8 Å². The van der Waals surface area contributed by atoms with Gasteiger partial charge in [0.05, 0.1) is 0 Å². The van der Waals surface area contributed by atoms with Crippen molar-refractivity contribution < 1.29 is 19.1 Å². The lowest BCUT2D eigenvalue weighted by Crippen LogP contribution is -2.30. The van der Waals surface area contributed by atoms with Crippen molar-refractivity contribution in [1.82, 2.24) is 4.90 Å². The Labute approximate surface area is 162 Å². The molecule has 0 aromatic heterocycles. The third-order valence-electron chi connectivity index (χ3n) is 4.51. The number of benzene rings is 1. The van der Waals surface area contributed by atoms with Crippen molar-refractivity contribution in [3.63, 3.8) is 0 Å². The third kappa shape index (κ3) is 4.30. The average molecular weight is 401 g/mol. The molecule has 1 unspecified atom stereocenters. The minimum Gasteiger partial charge on any atom is -0.455 e. The molecule has 1 aliphatic carbocycles. The van der Waals surface area contributed by atoms with Gasteiger partial charge in [-0.1, -0.05) is 0 Å². The highest BCUT2D eigenvalue weighted by atomic mass is 35.5. The van der Waals surface area contributed by atoms with E-state index in [1.54, 1.807) is 36.1 Å². The van der Waals surface area contributed by atoms with E-state index in [1.165, 1.54) is 0 Å². The Morgan fingerprint density at radius 3 is 2.15 bits per heavy atom. The topological polar surface area (TPSA) is 75.7 Å². The number of carbonyl (C=O) groups excluding carboxylic acids is 3. The van der Waals surface area contributed by atoms with E-state index in [0.29, 0.717) is 30.8 Å². The van der Waals surface area contributed by atoms with Crippen LogP contribution in [0.3, 0.4) is 0 Å². The Hall–Kier alpha value is -1.79. The summed E-state index contributed by atoms with van der Waals surface area (Å²) in [5.74, 6) is -1.15. The molecule has 1 N–H and O–H groups in total. The van der Waals surface area contributed by atoms with Gasteiger partial charge in [0.2, 0.25) is 0 Å². The van der Waals surface area contributed by atoms with Crippen LogP contribution in [-0.4, -0.2) is 46.7 Å². The smallest absolute Gasteiger partial charge is 0.315 e. The number of anilines is 1. The van der Waals surface area contributed by atoms with Crippen molar-refractivity contribution in [2.45, 2.75) is 31.5 Å². The van der Waals surface area contributed by atoms with Crippen molar-refractivity contribution >= 4 is 46.7 Å². The lowest BCUT2D eigenvalue weighted by Gasteiger charge is -2.18. The van der Waals surface area contributed by atoms with Crippen LogP contribution in [0.2, 0.25) is 0 Å². The summed E-state index contributed by atoms with van der Waals surface area (Å²) in [4.78, 5) is 37.8. The number of amides is 2. The Kier molecular flexibility index (Phi) is 6.19. The van der Waals surface area contributed by atoms with Crippen LogP contribution in [0.25, 0.3) is 0 Å². The molecule has 26 heavy (non-hydrogen) atoms. The van der Waals surface area contributed by atoms with Crippen LogP contribution >= 0.6 is 23.2 Å². The number of rotatable bonds is 7. The number of ether oxygens (including phenoxy) is 1. The number of halogens is 2. The quantitative estimate of drug-likeness (QED) is 0.562. The van der Waals surface area contributed by atoms with E-state index in [-0.39, 0.29) is 5.91 Å². The summed E-state index contributed by atoms with van der Waals surface area (Å²) >= 11 is 11.8. The van der Waals surface area contributed by atoms with Gasteiger partial charge in [-0.3, -0.25) is 14.4 Å². The molecule has 0 spiro atoms. The van der Waals surface area contributed by atoms with E-state index < -0.39 is 28.2 Å². The van der Waals surface area contributed by atoms with Gasteiger partial charge in [-0.05, 0) is 45.0 Å². The molecule has 0 saturated heterocycles. The molecule has 8 heteroatoms. The van der Waals surface area contributed by atoms with E-state index in [0.717, 1.165) is 0 Å². The molecule has 142 valence electrons. The van der Waals surface area contributed by atoms with Crippen LogP contribution < -0.4 is 5.32 Å². The fraction of sp³-hybridized carbons (Fsp3) is 0.500. The van der Waals surface area contributed by atoms with Gasteiger partial charge in [-0.2, -0.15) is 0 Å². The van der Waals surface area contributed by atoms with E-state index in [9.17, 15) is 14.4 Å². The molecule has 0 bridgehead atoms. The Morgan fingerprint density at radius 1 is 1.15 bits per heavy atom. The van der Waals surface area contributed by atoms with Crippen molar-refractivity contribution in [3.05, 3.63) is 29.8 Å². The van der Waals surface area contributed by atoms with Gasteiger partial charge in [0.1, 0.15) is 9.75 Å². The van der Waals surface area contributed by atoms with E-state index in [2.05, 4.69) is 5.32 Å². The van der Waals surface area contributed by atoms with E-state index in [4.69, 9.17) is 27.9 Å². The summed E-state index contributed by atoms with van der Waals surface area (Å²) in [7, 11) is 0. The van der Waals surface area contributed by atoms with Gasteiger partial charge < -0.3 is 15.0 Å². The number of hydrogen-bond acceptors (Lipinski definition) is 4. The molecule has 1 saturated carbocycles. The summed E-state index contributed by atoms with van der Waals surface area (Å²) in [5, 5.41) is 2.61. The van der Waals surface area contributed by atoms with Crippen LogP contribution in [0.4, 0.5) is 5.69 Å². The molecule has 0 aliphatic heterocycles. The molecule has 0 heterocycles. The molecule has 1 atom stereocenters. The zero-order valence-electron chi connectivity index (χ0n) is 15.0. The second-order valence-corrected chi connectivity index (χ2v) is 7.88. The maximum absolute atomic E-state index is 12.2. The van der Waals surface area contributed by atoms with E-state index in [1.807, 2.05) is 13.8 Å². The number of nitrogens with zero attached hydrogens (tertiary/aromatic N) is 1. The van der Waals surface area contributed by atoms with Gasteiger partial charge in [0.25, 0.3) is 11.8 Å². The number of hydrogen-bond donors (Lipinski definition) is 1. The van der Waals surface area contributed by atoms with Gasteiger partial charge in [-0.25, -0.2) is 0 Å². The summed E-state index contributed by atoms with van der Waals surface area (Å²) in [6.07, 6.45) is 0.297. The molecule has 0 radical (unpaired) electrons. The molecule has 1 aromatic carbocycles. The molecule has 1 aromatic rings. The molecular weight excluding hydrogens is 379 g/mol. The average Bonchev–Trinajstić information content (AvgIpc) is 3.13. The zero-order chi connectivity index (χ0) is 19.5. The highest BCUT2D eigenvalue weighted by Crippen LogP contribution is 2.64. The minimum atomic E-state index is -1.13. The summed E-state index contributed by atoms with van der Waals surface area (Å²) in [5.41, 5.74) is 0.0761. The van der Waals surface area contributed by atoms with Gasteiger partial charge in [-0.15, -0.1) is 23.2 Å². The van der Waals surface area contributed by atoms with Gasteiger partial charge >= 0.3 is 5.97 Å². The molecule has 6 nitrogen and oxygen atoms in total. The predicted octanol–water partition coefficient (Wildman–Crippen LogP) is 3.23. The van der Waals surface area contributed by atoms with Crippen molar-refractivity contribution in [2.75, 3.05) is 25.0 Å². The van der Waals surface area contributed by atoms with Crippen molar-refractivity contribution in [1.29, 1.82) is 0 Å². The standard InChI is InChI=1S/C18H22Cl2N2O4/c1-4-22(5-2)15(24)12-6-8-13(9-7-12)21-14(23)10-26-16(25)17(3)11-18(17,19)20/h6-9H,4-5,10-11H2,1-3H3,(H,21,23). The lowest BCUT2D eigenvalue weighted by molar-refractivity contribution is -0.152. The first-order valence-corrected chi connectivity index (χ1v) is 9.14. The minimum absolute atomic E-state index is 0.0647. The largest absolute Gasteiger partial charge is 0.455 e. The molecule has 1 aliphatic rings. The highest BCUT2D eigenvalue weighted by molar-refractivity contribution is 6.53. The number of nitrogens with one attached hydrogen (secondary N) is 1. The SMILES string of the molecule is CCN(CC)C(=O)c1ccc(NC(=O)COC(=O)C2(C)CC2(Cl)Cl)cc1. The second kappa shape index (κ2) is 7.84. The number of esters is 1. The fourth-order valence-corrected chi connectivity index (χ4v) is 3.19. The van der Waals surface area contributed by atoms with Gasteiger partial charge in [0.15, 0.2) is 6.61 Å². The monoisotopic (exact) mass is 400 g/mol. The molecular formula is C18H22Cl2N2O4. The van der Waals surface area contributed by atoms with Crippen molar-refractivity contribution in [3.8, 4) is 0 Å². The van der Waals surface area contributed by atoms with Crippen LogP contribution in [0, 0.1) is 5.41 Å². The summed E-state index contributed by atoms with van der Waals surface area (Å²) in [6.45, 7) is 6.25. The second-order valence-electron chi connectivity index (χ2n) is 6.39. The highest BCUT2D eigenvalue weighted by Gasteiger charge is 2.69. The summed E-state index contributed by atoms with van der Waals surface area (Å²) in [6, 6.07) is 6.54. The van der Waals surface area contributed by atoms with E-state index >= 15 is 0 Å². The maximum atomic E-state index is 12.2. The summed E-state index contributed by atoms with van der Waals surface area (Å²) < 4.78 is 3.85. The maximum Gasteiger partial charge on any atom is 0.315 e. The van der Waals surface area contributed by atoms with Crippen LogP contribution in [-0.2, 0) is 14.3 Å². The number of alkyl halides is 2. The fourth-order valence-electron chi connectivity index (χ4n) is 2.50. The molecule has 2 rings (SSSR count). The first-order chi connectivity index (χ1) is 12.1. The van der Waals surface area contributed by atoms with Crippen LogP contribution in [0.15, 0.2) is 24.3 Å². The number of carbonyl (C=O) groups is 3. The molecule has 1 fully saturated rings. The third-order valence-corrected chi connectivity index (χ3v) is 5.61. The van der Waals surface area contributed by atoms with Crippen molar-refractivity contribution in [2.24, 2.45) is 5.41 Å². The first kappa shape index (κ1) is 20.5. The Balaban J connectivity index is 1.86. The first-order valence-electron chi connectivity index (χ1n) is 8.39. The zero-order valence-corrected chi connectivity index (χ0v) is 16.5. The Morgan fingerprint density at radius 2 is 1.69 bits per heavy atom. The Bertz CT molecular complexity index is 702. The van der Waals surface area contributed by atoms with Crippen LogP contribution in [0.1, 0.15) is 37.6 Å². The molecule has 2 amide bonds. The normalized spacial score (nSPS) is 20.2. The predicted molar refractivity (Wildman–Crippen MR) is 100 cm³/mol. The van der Waals surface area contributed by atoms with Crippen LogP contribution in [0.5, 0.6) is 0 Å².